The molecule has 0 fully saturated rings. The molecule has 0 N–H and O–H groups in total. The summed E-state index contributed by atoms with van der Waals surface area (Å²) in [5.41, 5.74) is -0.479. The molecule has 0 aromatic heterocycles. The van der Waals surface area contributed by atoms with Crippen LogP contribution in [-0.2, 0) is 9.47 Å². The first-order chi connectivity index (χ1) is 11.4. The van der Waals surface area contributed by atoms with Crippen LogP contribution in [0.25, 0.3) is 0 Å². The van der Waals surface area contributed by atoms with E-state index < -0.39 is 11.8 Å². The summed E-state index contributed by atoms with van der Waals surface area (Å²) in [6.45, 7) is 10.6. The fourth-order valence-corrected chi connectivity index (χ4v) is 2.85. The number of ether oxygens (including phenoxy) is 2. The van der Waals surface area contributed by atoms with Crippen LogP contribution in [0.4, 0.5) is 4.79 Å². The lowest BCUT2D eigenvalue weighted by Crippen LogP contribution is -2.26. The molecule has 24 heavy (non-hydrogen) atoms. The van der Waals surface area contributed by atoms with E-state index in [0.717, 1.165) is 6.42 Å². The second-order valence-corrected chi connectivity index (χ2v) is 8.05. The third kappa shape index (κ3) is 16.1. The Morgan fingerprint density at radius 2 is 1.25 bits per heavy atom. The average Bonchev–Trinajstić information content (AvgIpc) is 2.49. The zero-order valence-electron chi connectivity index (χ0n) is 17.0. The predicted octanol–water partition coefficient (Wildman–Crippen LogP) is 7.28. The minimum absolute atomic E-state index is 0.479. The van der Waals surface area contributed by atoms with Gasteiger partial charge in [-0.15, -0.1) is 0 Å². The molecule has 0 saturated heterocycles. The van der Waals surface area contributed by atoms with Crippen LogP contribution in [0.5, 0.6) is 0 Å². The minimum atomic E-state index is -0.524. The lowest BCUT2D eigenvalue weighted by molar-refractivity contribution is -0.0143. The largest absolute Gasteiger partial charge is 0.508 e. The number of rotatable bonds is 14. The number of hydrogen-bond donors (Lipinski definition) is 0. The van der Waals surface area contributed by atoms with Gasteiger partial charge in [-0.2, -0.15) is 0 Å². The van der Waals surface area contributed by atoms with Gasteiger partial charge in [0.15, 0.2) is 0 Å². The SMILES string of the molecule is CCCCCCCCC(CCCCCC)COC(=O)OC(C)(C)C. The Hall–Kier alpha value is -0.730. The Morgan fingerprint density at radius 1 is 0.792 bits per heavy atom. The second-order valence-electron chi connectivity index (χ2n) is 8.05. The highest BCUT2D eigenvalue weighted by atomic mass is 16.7. The van der Waals surface area contributed by atoms with Crippen molar-refractivity contribution in [2.24, 2.45) is 5.92 Å². The Labute approximate surface area is 150 Å². The quantitative estimate of drug-likeness (QED) is 0.246. The molecule has 144 valence electrons. The Bertz CT molecular complexity index is 294. The molecule has 1 atom stereocenters. The fraction of sp³-hybridized carbons (Fsp3) is 0.952. The molecular formula is C21H42O3. The third-order valence-corrected chi connectivity index (χ3v) is 4.26. The molecule has 0 rings (SSSR count). The van der Waals surface area contributed by atoms with Crippen molar-refractivity contribution >= 4 is 6.16 Å². The van der Waals surface area contributed by atoms with E-state index >= 15 is 0 Å². The summed E-state index contributed by atoms with van der Waals surface area (Å²) in [4.78, 5) is 11.7. The van der Waals surface area contributed by atoms with Crippen LogP contribution in [0.15, 0.2) is 0 Å². The smallest absolute Gasteiger partial charge is 0.434 e. The van der Waals surface area contributed by atoms with Gasteiger partial charge in [0.25, 0.3) is 0 Å². The van der Waals surface area contributed by atoms with Crippen LogP contribution < -0.4 is 0 Å². The summed E-state index contributed by atoms with van der Waals surface area (Å²) in [5.74, 6) is 0.487. The van der Waals surface area contributed by atoms with Crippen molar-refractivity contribution in [3.05, 3.63) is 0 Å². The van der Waals surface area contributed by atoms with Gasteiger partial charge in [-0.25, -0.2) is 4.79 Å². The normalized spacial score (nSPS) is 12.9. The maximum absolute atomic E-state index is 11.7. The third-order valence-electron chi connectivity index (χ3n) is 4.26. The molecule has 0 aromatic rings. The molecule has 0 spiro atoms. The van der Waals surface area contributed by atoms with Gasteiger partial charge in [-0.1, -0.05) is 78.1 Å². The van der Waals surface area contributed by atoms with Gasteiger partial charge in [-0.05, 0) is 39.5 Å². The van der Waals surface area contributed by atoms with Crippen molar-refractivity contribution in [1.29, 1.82) is 0 Å². The lowest BCUT2D eigenvalue weighted by Gasteiger charge is -2.21. The van der Waals surface area contributed by atoms with E-state index in [0.29, 0.717) is 12.5 Å². The molecule has 0 amide bonds. The van der Waals surface area contributed by atoms with Crippen LogP contribution in [0, 0.1) is 5.92 Å². The topological polar surface area (TPSA) is 35.5 Å². The molecule has 3 heteroatoms. The van der Waals surface area contributed by atoms with Crippen LogP contribution in [0.3, 0.4) is 0 Å². The van der Waals surface area contributed by atoms with E-state index in [1.165, 1.54) is 70.6 Å². The van der Waals surface area contributed by atoms with Crippen molar-refractivity contribution in [3.63, 3.8) is 0 Å². The number of carbonyl (C=O) groups is 1. The molecule has 3 nitrogen and oxygen atoms in total. The summed E-state index contributed by atoms with van der Waals surface area (Å²) in [5, 5.41) is 0. The predicted molar refractivity (Wildman–Crippen MR) is 102 cm³/mol. The van der Waals surface area contributed by atoms with Gasteiger partial charge in [0, 0.05) is 0 Å². The summed E-state index contributed by atoms with van der Waals surface area (Å²) in [6.07, 6.45) is 14.8. The van der Waals surface area contributed by atoms with Gasteiger partial charge in [0.2, 0.25) is 0 Å². The van der Waals surface area contributed by atoms with E-state index in [2.05, 4.69) is 13.8 Å². The standard InChI is InChI=1S/C21H42O3/c1-6-8-10-12-13-15-17-19(16-14-11-9-7-2)18-23-20(22)24-21(3,4)5/h19H,6-18H2,1-5H3. The van der Waals surface area contributed by atoms with Gasteiger partial charge in [0.1, 0.15) is 5.60 Å². The van der Waals surface area contributed by atoms with Crippen LogP contribution in [0.1, 0.15) is 112 Å². The average molecular weight is 343 g/mol. The molecule has 0 bridgehead atoms. The Balaban J connectivity index is 4.05. The molecular weight excluding hydrogens is 300 g/mol. The summed E-state index contributed by atoms with van der Waals surface area (Å²) in [7, 11) is 0. The second kappa shape index (κ2) is 14.6. The molecule has 0 aliphatic heterocycles. The molecule has 0 aromatic carbocycles. The molecule has 0 radical (unpaired) electrons. The Morgan fingerprint density at radius 3 is 1.75 bits per heavy atom. The first kappa shape index (κ1) is 23.3. The van der Waals surface area contributed by atoms with Gasteiger partial charge in [0.05, 0.1) is 6.61 Å². The van der Waals surface area contributed by atoms with Gasteiger partial charge >= 0.3 is 6.16 Å². The fourth-order valence-electron chi connectivity index (χ4n) is 2.85. The van der Waals surface area contributed by atoms with E-state index in [9.17, 15) is 4.79 Å². The molecule has 1 unspecified atom stereocenters. The lowest BCUT2D eigenvalue weighted by atomic mass is 9.95. The maximum atomic E-state index is 11.7. The number of carbonyl (C=O) groups excluding carboxylic acids is 1. The zero-order valence-corrected chi connectivity index (χ0v) is 17.0. The van der Waals surface area contributed by atoms with Gasteiger partial charge in [-0.3, -0.25) is 0 Å². The maximum Gasteiger partial charge on any atom is 0.508 e. The minimum Gasteiger partial charge on any atom is -0.434 e. The molecule has 0 heterocycles. The number of hydrogen-bond acceptors (Lipinski definition) is 3. The van der Waals surface area contributed by atoms with Crippen LogP contribution >= 0.6 is 0 Å². The van der Waals surface area contributed by atoms with E-state index in [1.807, 2.05) is 20.8 Å². The van der Waals surface area contributed by atoms with Crippen molar-refractivity contribution in [3.8, 4) is 0 Å². The van der Waals surface area contributed by atoms with Crippen molar-refractivity contribution < 1.29 is 14.3 Å². The molecule has 0 aliphatic rings. The first-order valence-corrected chi connectivity index (χ1v) is 10.2. The first-order valence-electron chi connectivity index (χ1n) is 10.2. The molecule has 0 saturated carbocycles. The zero-order chi connectivity index (χ0) is 18.3. The van der Waals surface area contributed by atoms with Crippen LogP contribution in [0.2, 0.25) is 0 Å². The van der Waals surface area contributed by atoms with E-state index in [-0.39, 0.29) is 0 Å². The summed E-state index contributed by atoms with van der Waals surface area (Å²) in [6, 6.07) is 0. The highest BCUT2D eigenvalue weighted by molar-refractivity contribution is 5.60. The van der Waals surface area contributed by atoms with Crippen molar-refractivity contribution in [2.45, 2.75) is 117 Å². The highest BCUT2D eigenvalue weighted by Crippen LogP contribution is 2.20. The van der Waals surface area contributed by atoms with E-state index in [1.54, 1.807) is 0 Å². The highest BCUT2D eigenvalue weighted by Gasteiger charge is 2.19. The van der Waals surface area contributed by atoms with Crippen molar-refractivity contribution in [1.82, 2.24) is 0 Å². The number of unbranched alkanes of at least 4 members (excludes halogenated alkanes) is 8. The van der Waals surface area contributed by atoms with E-state index in [4.69, 9.17) is 9.47 Å². The summed E-state index contributed by atoms with van der Waals surface area (Å²) >= 11 is 0. The summed E-state index contributed by atoms with van der Waals surface area (Å²) < 4.78 is 10.6. The molecule has 0 aliphatic carbocycles. The van der Waals surface area contributed by atoms with Crippen LogP contribution in [-0.4, -0.2) is 18.4 Å². The van der Waals surface area contributed by atoms with Gasteiger partial charge < -0.3 is 9.47 Å². The van der Waals surface area contributed by atoms with Crippen molar-refractivity contribution in [2.75, 3.05) is 6.61 Å². The Kier molecular flexibility index (Phi) is 14.2. The monoisotopic (exact) mass is 342 g/mol.